The van der Waals surface area contributed by atoms with E-state index >= 15 is 0 Å². The first kappa shape index (κ1) is 16.6. The van der Waals surface area contributed by atoms with Crippen LogP contribution in [0, 0.1) is 0 Å². The molecule has 0 radical (unpaired) electrons. The summed E-state index contributed by atoms with van der Waals surface area (Å²) in [5, 5.41) is 4.10. The highest BCUT2D eigenvalue weighted by atomic mass is 35.5. The second-order valence-corrected chi connectivity index (χ2v) is 6.96. The maximum Gasteiger partial charge on any atom is 0.258 e. The smallest absolute Gasteiger partial charge is 0.258 e. The number of thiazole rings is 1. The summed E-state index contributed by atoms with van der Waals surface area (Å²) in [6.07, 6.45) is 0. The molecule has 0 saturated heterocycles. The zero-order valence-corrected chi connectivity index (χ0v) is 15.1. The molecule has 2 heterocycles. The lowest BCUT2D eigenvalue weighted by Gasteiger charge is -2.09. The first-order valence-electron chi connectivity index (χ1n) is 7.62. The number of nitrogens with zero attached hydrogens (tertiary/aromatic N) is 1. The number of amides is 1. The van der Waals surface area contributed by atoms with Crippen LogP contribution in [0.5, 0.6) is 5.75 Å². The summed E-state index contributed by atoms with van der Waals surface area (Å²) in [4.78, 5) is 31.8. The normalized spacial score (nSPS) is 11.0. The van der Waals surface area contributed by atoms with E-state index in [1.165, 1.54) is 24.5 Å². The van der Waals surface area contributed by atoms with Crippen LogP contribution < -0.4 is 15.6 Å². The van der Waals surface area contributed by atoms with Gasteiger partial charge < -0.3 is 9.72 Å². The molecule has 26 heavy (non-hydrogen) atoms. The standard InChI is InChI=1S/C18H12ClN3O3S/c1-25-14-6-9-10(7-16(23)20-13(9)8-11(14)19)17(24)22-18-21-12-4-2-3-5-15(12)26-18/h2-8H,1H3,(H,20,23)(H,21,22,24). The molecule has 0 fully saturated rings. The summed E-state index contributed by atoms with van der Waals surface area (Å²) < 4.78 is 6.18. The Morgan fingerprint density at radius 2 is 2.08 bits per heavy atom. The number of aromatic nitrogens is 2. The van der Waals surface area contributed by atoms with E-state index in [1.54, 1.807) is 12.1 Å². The number of anilines is 1. The Bertz CT molecular complexity index is 1180. The SMILES string of the molecule is COc1cc2c(C(=O)Nc3nc4ccccc4s3)cc(=O)[nH]c2cc1Cl. The van der Waals surface area contributed by atoms with Crippen LogP contribution in [0.25, 0.3) is 21.1 Å². The van der Waals surface area contributed by atoms with Gasteiger partial charge in [-0.15, -0.1) is 0 Å². The van der Waals surface area contributed by atoms with Crippen LogP contribution in [0.3, 0.4) is 0 Å². The Morgan fingerprint density at radius 3 is 2.85 bits per heavy atom. The fourth-order valence-electron chi connectivity index (χ4n) is 2.69. The van der Waals surface area contributed by atoms with Gasteiger partial charge in [-0.3, -0.25) is 14.9 Å². The molecule has 1 amide bonds. The Kier molecular flexibility index (Phi) is 4.10. The van der Waals surface area contributed by atoms with Crippen LogP contribution in [-0.4, -0.2) is 23.0 Å². The molecular weight excluding hydrogens is 374 g/mol. The van der Waals surface area contributed by atoms with Gasteiger partial charge in [-0.1, -0.05) is 35.1 Å². The average molecular weight is 386 g/mol. The van der Waals surface area contributed by atoms with Crippen LogP contribution in [0.2, 0.25) is 5.02 Å². The fraction of sp³-hybridized carbons (Fsp3) is 0.0556. The quantitative estimate of drug-likeness (QED) is 0.557. The molecule has 2 N–H and O–H groups in total. The molecule has 0 aliphatic rings. The number of nitrogens with one attached hydrogen (secondary N) is 2. The maximum atomic E-state index is 12.8. The van der Waals surface area contributed by atoms with Gasteiger partial charge in [0.15, 0.2) is 5.13 Å². The van der Waals surface area contributed by atoms with E-state index in [0.29, 0.717) is 26.8 Å². The van der Waals surface area contributed by atoms with E-state index in [0.717, 1.165) is 10.2 Å². The van der Waals surface area contributed by atoms with Crippen molar-refractivity contribution in [2.24, 2.45) is 0 Å². The summed E-state index contributed by atoms with van der Waals surface area (Å²) in [6, 6.07) is 12.0. The molecule has 2 aromatic carbocycles. The molecule has 0 spiro atoms. The number of methoxy groups -OCH3 is 1. The van der Waals surface area contributed by atoms with Crippen molar-refractivity contribution in [2.45, 2.75) is 0 Å². The third kappa shape index (κ3) is 2.91. The minimum Gasteiger partial charge on any atom is -0.495 e. The van der Waals surface area contributed by atoms with Gasteiger partial charge in [0.25, 0.3) is 5.91 Å². The molecule has 4 aromatic rings. The van der Waals surface area contributed by atoms with Crippen molar-refractivity contribution < 1.29 is 9.53 Å². The van der Waals surface area contributed by atoms with Crippen molar-refractivity contribution in [1.29, 1.82) is 0 Å². The molecule has 0 atom stereocenters. The van der Waals surface area contributed by atoms with Crippen molar-refractivity contribution in [3.8, 4) is 5.75 Å². The first-order valence-corrected chi connectivity index (χ1v) is 8.82. The van der Waals surface area contributed by atoms with Crippen molar-refractivity contribution in [3.05, 3.63) is 63.4 Å². The molecule has 2 aromatic heterocycles. The van der Waals surface area contributed by atoms with Gasteiger partial charge in [-0.05, 0) is 24.3 Å². The molecule has 0 aliphatic heterocycles. The number of para-hydroxylation sites is 1. The number of aromatic amines is 1. The lowest BCUT2D eigenvalue weighted by atomic mass is 10.1. The highest BCUT2D eigenvalue weighted by Crippen LogP contribution is 2.31. The first-order chi connectivity index (χ1) is 12.5. The Labute approximate surface area is 156 Å². The summed E-state index contributed by atoms with van der Waals surface area (Å²) in [5.41, 5.74) is 1.08. The molecule has 6 nitrogen and oxygen atoms in total. The monoisotopic (exact) mass is 385 g/mol. The molecule has 130 valence electrons. The molecule has 0 saturated carbocycles. The zero-order valence-electron chi connectivity index (χ0n) is 13.5. The summed E-state index contributed by atoms with van der Waals surface area (Å²) in [5.74, 6) is -0.00946. The maximum absolute atomic E-state index is 12.8. The van der Waals surface area contributed by atoms with Gasteiger partial charge in [0.05, 0.1) is 33.4 Å². The number of hydrogen-bond acceptors (Lipinski definition) is 5. The van der Waals surface area contributed by atoms with E-state index in [1.807, 2.05) is 24.3 Å². The predicted molar refractivity (Wildman–Crippen MR) is 104 cm³/mol. The molecule has 4 rings (SSSR count). The van der Waals surface area contributed by atoms with E-state index in [2.05, 4.69) is 15.3 Å². The van der Waals surface area contributed by atoms with Crippen LogP contribution in [0.1, 0.15) is 10.4 Å². The number of hydrogen-bond donors (Lipinski definition) is 2. The third-order valence-corrected chi connectivity index (χ3v) is 5.12. The lowest BCUT2D eigenvalue weighted by Crippen LogP contribution is -2.16. The Morgan fingerprint density at radius 1 is 1.27 bits per heavy atom. The Hall–Kier alpha value is -2.90. The van der Waals surface area contributed by atoms with Gasteiger partial charge in [0.1, 0.15) is 5.75 Å². The predicted octanol–water partition coefficient (Wildman–Crippen LogP) is 4.05. The number of pyridine rings is 1. The minimum atomic E-state index is -0.426. The lowest BCUT2D eigenvalue weighted by molar-refractivity contribution is 0.102. The van der Waals surface area contributed by atoms with Crippen LogP contribution in [-0.2, 0) is 0 Å². The van der Waals surface area contributed by atoms with Crippen molar-refractivity contribution in [1.82, 2.24) is 9.97 Å². The topological polar surface area (TPSA) is 84.1 Å². The average Bonchev–Trinajstić information content (AvgIpc) is 3.02. The second kappa shape index (κ2) is 6.44. The van der Waals surface area contributed by atoms with Gasteiger partial charge in [-0.25, -0.2) is 4.98 Å². The number of carbonyl (C=O) groups is 1. The number of fused-ring (bicyclic) bond motifs is 2. The van der Waals surface area contributed by atoms with E-state index in [4.69, 9.17) is 16.3 Å². The summed E-state index contributed by atoms with van der Waals surface area (Å²) in [6.45, 7) is 0. The number of rotatable bonds is 3. The number of halogens is 1. The molecule has 8 heteroatoms. The van der Waals surface area contributed by atoms with E-state index in [9.17, 15) is 9.59 Å². The number of benzene rings is 2. The highest BCUT2D eigenvalue weighted by molar-refractivity contribution is 7.22. The van der Waals surface area contributed by atoms with Crippen LogP contribution in [0.15, 0.2) is 47.3 Å². The molecule has 0 aliphatic carbocycles. The van der Waals surface area contributed by atoms with Crippen LogP contribution in [0.4, 0.5) is 5.13 Å². The highest BCUT2D eigenvalue weighted by Gasteiger charge is 2.16. The van der Waals surface area contributed by atoms with E-state index in [-0.39, 0.29) is 5.56 Å². The third-order valence-electron chi connectivity index (χ3n) is 3.87. The van der Waals surface area contributed by atoms with Gasteiger partial charge in [0, 0.05) is 11.5 Å². The van der Waals surface area contributed by atoms with E-state index < -0.39 is 11.5 Å². The number of H-pyrrole nitrogens is 1. The molecular formula is C18H12ClN3O3S. The minimum absolute atomic E-state index is 0.220. The molecule has 0 unspecified atom stereocenters. The van der Waals surface area contributed by atoms with Crippen LogP contribution >= 0.6 is 22.9 Å². The number of carbonyl (C=O) groups excluding carboxylic acids is 1. The van der Waals surface area contributed by atoms with Crippen molar-refractivity contribution >= 4 is 55.1 Å². The van der Waals surface area contributed by atoms with Gasteiger partial charge in [0.2, 0.25) is 5.56 Å². The van der Waals surface area contributed by atoms with Crippen molar-refractivity contribution in [3.63, 3.8) is 0 Å². The van der Waals surface area contributed by atoms with Crippen molar-refractivity contribution in [2.75, 3.05) is 12.4 Å². The number of ether oxygens (including phenoxy) is 1. The Balaban J connectivity index is 1.79. The summed E-state index contributed by atoms with van der Waals surface area (Å²) >= 11 is 7.47. The zero-order chi connectivity index (χ0) is 18.3. The molecule has 0 bridgehead atoms. The van der Waals surface area contributed by atoms with Gasteiger partial charge in [-0.2, -0.15) is 0 Å². The summed E-state index contributed by atoms with van der Waals surface area (Å²) in [7, 11) is 1.49. The largest absolute Gasteiger partial charge is 0.495 e. The second-order valence-electron chi connectivity index (χ2n) is 5.52. The van der Waals surface area contributed by atoms with Gasteiger partial charge >= 0.3 is 0 Å². The fourth-order valence-corrected chi connectivity index (χ4v) is 3.79.